The number of morpholine rings is 1. The van der Waals surface area contributed by atoms with Gasteiger partial charge in [-0.05, 0) is 63.6 Å². The summed E-state index contributed by atoms with van der Waals surface area (Å²) in [6, 6.07) is 7.95. The Hall–Kier alpha value is -4.90. The van der Waals surface area contributed by atoms with E-state index in [0.717, 1.165) is 48.7 Å². The fraction of sp³-hybridized carbons (Fsp3) is 0.406. The fourth-order valence-corrected chi connectivity index (χ4v) is 5.06. The van der Waals surface area contributed by atoms with Crippen LogP contribution < -0.4 is 20.9 Å². The van der Waals surface area contributed by atoms with E-state index in [4.69, 9.17) is 19.6 Å². The molecule has 1 fully saturated rings. The van der Waals surface area contributed by atoms with Crippen LogP contribution in [0.2, 0.25) is 0 Å². The molecule has 0 radical (unpaired) electrons. The molecule has 0 saturated carbocycles. The molecule has 3 aromatic rings. The number of hydrogen-bond acceptors (Lipinski definition) is 8. The number of amides is 3. The summed E-state index contributed by atoms with van der Waals surface area (Å²) in [7, 11) is 0. The van der Waals surface area contributed by atoms with Gasteiger partial charge in [0.2, 0.25) is 5.95 Å². The first-order valence-corrected chi connectivity index (χ1v) is 15.4. The predicted octanol–water partition coefficient (Wildman–Crippen LogP) is 5.00. The number of nitrogens with zero attached hydrogens (tertiary/aromatic N) is 4. The van der Waals surface area contributed by atoms with Crippen molar-refractivity contribution in [2.24, 2.45) is 0 Å². The fourth-order valence-electron chi connectivity index (χ4n) is 5.06. The molecule has 0 unspecified atom stereocenters. The number of anilines is 3. The molecule has 3 amide bonds. The molecular weight excluding hydrogens is 657 g/mol. The van der Waals surface area contributed by atoms with Gasteiger partial charge in [0, 0.05) is 42.4 Å². The number of alkyl halides is 3. The van der Waals surface area contributed by atoms with Crippen LogP contribution in [0.25, 0.3) is 11.3 Å². The Morgan fingerprint density at radius 2 is 1.73 bits per heavy atom. The number of aliphatic carboxylic acids is 1. The van der Waals surface area contributed by atoms with Crippen molar-refractivity contribution in [3.05, 3.63) is 64.7 Å². The highest BCUT2D eigenvalue weighted by Gasteiger charge is 2.38. The largest absolute Gasteiger partial charge is 0.490 e. The molecule has 2 aliphatic rings. The molecular formula is C32H36F5N7O5. The number of fused-ring (bicyclic) bond motifs is 1. The van der Waals surface area contributed by atoms with Crippen LogP contribution in [-0.4, -0.2) is 89.5 Å². The average molecular weight is 694 g/mol. The first-order chi connectivity index (χ1) is 23.2. The number of ether oxygens (including phenoxy) is 1. The molecule has 0 bridgehead atoms. The number of carboxylic acids is 1. The van der Waals surface area contributed by atoms with Gasteiger partial charge in [-0.3, -0.25) is 9.69 Å². The number of para-hydroxylation sites is 1. The SMILES string of the molecule is Cc1ccc(C(=O)NC(C)C)cc1-c1nc(NCCCN2CCOCC2)nc2c1CNC(=O)N2c1c(F)cccc1F.O=C(O)C(F)(F)F. The molecule has 17 heteroatoms. The maximum atomic E-state index is 15.0. The number of hydrogen-bond donors (Lipinski definition) is 4. The number of rotatable bonds is 9. The first-order valence-electron chi connectivity index (χ1n) is 15.4. The quantitative estimate of drug-likeness (QED) is 0.180. The van der Waals surface area contributed by atoms with Gasteiger partial charge in [0.1, 0.15) is 17.3 Å². The van der Waals surface area contributed by atoms with E-state index >= 15 is 0 Å². The van der Waals surface area contributed by atoms with Crippen molar-refractivity contribution < 1.29 is 46.2 Å². The molecule has 0 spiro atoms. The minimum Gasteiger partial charge on any atom is -0.475 e. The Kier molecular flexibility index (Phi) is 12.1. The molecule has 2 aromatic carbocycles. The van der Waals surface area contributed by atoms with Gasteiger partial charge < -0.3 is 25.8 Å². The number of aryl methyl sites for hydroxylation is 1. The third kappa shape index (κ3) is 9.38. The number of carbonyl (C=O) groups excluding carboxylic acids is 2. The van der Waals surface area contributed by atoms with Gasteiger partial charge in [0.15, 0.2) is 5.82 Å². The highest BCUT2D eigenvalue weighted by Crippen LogP contribution is 2.39. The van der Waals surface area contributed by atoms with E-state index in [0.29, 0.717) is 42.1 Å². The molecule has 4 N–H and O–H groups in total. The van der Waals surface area contributed by atoms with Crippen LogP contribution >= 0.6 is 0 Å². The molecule has 0 atom stereocenters. The van der Waals surface area contributed by atoms with Gasteiger partial charge in [-0.2, -0.15) is 18.2 Å². The molecule has 2 aliphatic heterocycles. The van der Waals surface area contributed by atoms with Gasteiger partial charge in [0.25, 0.3) is 5.91 Å². The Balaban J connectivity index is 0.000000698. The molecule has 264 valence electrons. The lowest BCUT2D eigenvalue weighted by Crippen LogP contribution is -2.43. The van der Waals surface area contributed by atoms with E-state index < -0.39 is 35.5 Å². The van der Waals surface area contributed by atoms with E-state index in [-0.39, 0.29) is 30.3 Å². The van der Waals surface area contributed by atoms with E-state index in [2.05, 4.69) is 25.8 Å². The summed E-state index contributed by atoms with van der Waals surface area (Å²) in [6.45, 7) is 10.2. The van der Waals surface area contributed by atoms with E-state index in [9.17, 15) is 31.5 Å². The van der Waals surface area contributed by atoms with E-state index in [1.54, 1.807) is 12.1 Å². The molecule has 49 heavy (non-hydrogen) atoms. The van der Waals surface area contributed by atoms with E-state index in [1.165, 1.54) is 6.07 Å². The highest BCUT2D eigenvalue weighted by molar-refractivity contribution is 6.02. The molecule has 3 heterocycles. The zero-order valence-electron chi connectivity index (χ0n) is 27.0. The third-order valence-electron chi connectivity index (χ3n) is 7.43. The maximum Gasteiger partial charge on any atom is 0.490 e. The number of carbonyl (C=O) groups is 3. The minimum atomic E-state index is -5.08. The average Bonchev–Trinajstić information content (AvgIpc) is 3.04. The van der Waals surface area contributed by atoms with Crippen molar-refractivity contribution >= 4 is 35.4 Å². The molecule has 12 nitrogen and oxygen atoms in total. The lowest BCUT2D eigenvalue weighted by Gasteiger charge is -2.31. The zero-order chi connectivity index (χ0) is 35.9. The van der Waals surface area contributed by atoms with Crippen molar-refractivity contribution in [1.29, 1.82) is 0 Å². The van der Waals surface area contributed by atoms with Crippen LogP contribution in [0.15, 0.2) is 36.4 Å². The van der Waals surface area contributed by atoms with Gasteiger partial charge in [-0.15, -0.1) is 0 Å². The summed E-state index contributed by atoms with van der Waals surface area (Å²) in [4.78, 5) is 47.5. The Morgan fingerprint density at radius 1 is 1.08 bits per heavy atom. The van der Waals surface area contributed by atoms with Gasteiger partial charge >= 0.3 is 18.2 Å². The molecule has 1 saturated heterocycles. The smallest absolute Gasteiger partial charge is 0.475 e. The van der Waals surface area contributed by atoms with Crippen LogP contribution in [-0.2, 0) is 16.1 Å². The molecule has 0 aliphatic carbocycles. The number of aromatic nitrogens is 2. The summed E-state index contributed by atoms with van der Waals surface area (Å²) in [6.07, 6.45) is -4.29. The number of nitrogens with one attached hydrogen (secondary N) is 3. The Bertz CT molecular complexity index is 1660. The normalized spacial score (nSPS) is 14.8. The van der Waals surface area contributed by atoms with Crippen molar-refractivity contribution in [3.8, 4) is 11.3 Å². The number of halogens is 5. The first kappa shape index (κ1) is 36.9. The highest BCUT2D eigenvalue weighted by atomic mass is 19.4. The summed E-state index contributed by atoms with van der Waals surface area (Å²) >= 11 is 0. The second kappa shape index (κ2) is 16.0. The number of carboxylic acid groups (broad SMARTS) is 1. The summed E-state index contributed by atoms with van der Waals surface area (Å²) in [5.74, 6) is -4.52. The lowest BCUT2D eigenvalue weighted by atomic mass is 9.97. The number of urea groups is 1. The zero-order valence-corrected chi connectivity index (χ0v) is 27.0. The monoisotopic (exact) mass is 693 g/mol. The van der Waals surface area contributed by atoms with Crippen molar-refractivity contribution in [3.63, 3.8) is 0 Å². The van der Waals surface area contributed by atoms with Crippen molar-refractivity contribution in [2.45, 2.75) is 46.0 Å². The second-order valence-corrected chi connectivity index (χ2v) is 11.5. The topological polar surface area (TPSA) is 149 Å². The van der Waals surface area contributed by atoms with Crippen LogP contribution in [0, 0.1) is 18.6 Å². The van der Waals surface area contributed by atoms with Gasteiger partial charge in [-0.1, -0.05) is 12.1 Å². The predicted molar refractivity (Wildman–Crippen MR) is 170 cm³/mol. The van der Waals surface area contributed by atoms with Gasteiger partial charge in [-0.25, -0.2) is 28.3 Å². The number of benzene rings is 2. The maximum absolute atomic E-state index is 15.0. The van der Waals surface area contributed by atoms with Crippen molar-refractivity contribution in [2.75, 3.05) is 49.6 Å². The van der Waals surface area contributed by atoms with Crippen LogP contribution in [0.4, 0.5) is 44.2 Å². The Labute approximate surface area is 278 Å². The summed E-state index contributed by atoms with van der Waals surface area (Å²) in [5.41, 5.74) is 2.31. The second-order valence-electron chi connectivity index (χ2n) is 11.5. The van der Waals surface area contributed by atoms with Crippen LogP contribution in [0.1, 0.15) is 41.8 Å². The molecule has 5 rings (SSSR count). The lowest BCUT2D eigenvalue weighted by molar-refractivity contribution is -0.192. The van der Waals surface area contributed by atoms with Crippen molar-refractivity contribution in [1.82, 2.24) is 25.5 Å². The minimum absolute atomic E-state index is 0.0369. The third-order valence-corrected chi connectivity index (χ3v) is 7.43. The summed E-state index contributed by atoms with van der Waals surface area (Å²) in [5, 5.41) is 16.0. The molecule has 1 aromatic heterocycles. The van der Waals surface area contributed by atoms with Gasteiger partial charge in [0.05, 0.1) is 25.5 Å². The standard InChI is InChI=1S/C30H35F2N7O3.C2HF3O2/c1-18(2)35-28(40)20-9-8-19(3)21(16-20)25-22-17-34-30(41)39(26-23(31)6-4-7-24(26)32)27(22)37-29(36-25)33-10-5-11-38-12-14-42-15-13-38;3-2(4,5)1(6)7/h4,6-9,16,18H,5,10-15,17H2,1-3H3,(H,34,41)(H,35,40)(H,33,36,37);(H,6,7). The summed E-state index contributed by atoms with van der Waals surface area (Å²) < 4.78 is 67.1. The van der Waals surface area contributed by atoms with Crippen LogP contribution in [0.3, 0.4) is 0 Å². The van der Waals surface area contributed by atoms with E-state index in [1.807, 2.05) is 26.8 Å². The van der Waals surface area contributed by atoms with Crippen LogP contribution in [0.5, 0.6) is 0 Å². The Morgan fingerprint density at radius 3 is 2.35 bits per heavy atom.